The number of hydrogen-bond acceptors (Lipinski definition) is 4. The Morgan fingerprint density at radius 2 is 1.89 bits per heavy atom. The normalized spacial score (nSPS) is 30.4. The van der Waals surface area contributed by atoms with E-state index in [4.69, 9.17) is 0 Å². The molecule has 5 heteroatoms. The van der Waals surface area contributed by atoms with Crippen molar-refractivity contribution in [2.24, 2.45) is 11.8 Å². The molecule has 27 heavy (non-hydrogen) atoms. The third kappa shape index (κ3) is 4.30. The van der Waals surface area contributed by atoms with Crippen molar-refractivity contribution in [1.29, 1.82) is 0 Å². The number of hydrogen-bond donors (Lipinski definition) is 1. The van der Waals surface area contributed by atoms with Gasteiger partial charge in [0.2, 0.25) is 0 Å². The Morgan fingerprint density at radius 1 is 1.15 bits per heavy atom. The van der Waals surface area contributed by atoms with Crippen LogP contribution in [0.3, 0.4) is 0 Å². The van der Waals surface area contributed by atoms with Gasteiger partial charge in [-0.1, -0.05) is 0 Å². The summed E-state index contributed by atoms with van der Waals surface area (Å²) < 4.78 is 0. The predicted octanol–water partition coefficient (Wildman–Crippen LogP) is 2.29. The molecular formula is C22H34N4O. The van der Waals surface area contributed by atoms with Crippen LogP contribution in [0.2, 0.25) is 0 Å². The van der Waals surface area contributed by atoms with Crippen molar-refractivity contribution in [1.82, 2.24) is 15.1 Å². The van der Waals surface area contributed by atoms with Crippen LogP contribution < -0.4 is 10.2 Å². The second-order valence-electron chi connectivity index (χ2n) is 8.85. The lowest BCUT2D eigenvalue weighted by atomic mass is 9.75. The summed E-state index contributed by atoms with van der Waals surface area (Å²) in [7, 11) is 4.03. The summed E-state index contributed by atoms with van der Waals surface area (Å²) in [6.07, 6.45) is 5.35. The molecule has 1 aromatic carbocycles. The molecule has 4 atom stereocenters. The first-order valence-corrected chi connectivity index (χ1v) is 10.6. The number of rotatable bonds is 6. The zero-order chi connectivity index (χ0) is 18.8. The van der Waals surface area contributed by atoms with E-state index in [1.807, 2.05) is 43.3 Å². The first-order chi connectivity index (χ1) is 13.1. The van der Waals surface area contributed by atoms with Crippen LogP contribution in [0.1, 0.15) is 36.0 Å². The molecule has 1 aromatic rings. The second kappa shape index (κ2) is 8.19. The average molecular weight is 371 g/mol. The molecule has 1 amide bonds. The monoisotopic (exact) mass is 370 g/mol. The molecule has 4 aliphatic rings. The van der Waals surface area contributed by atoms with Gasteiger partial charge in [0.1, 0.15) is 0 Å². The zero-order valence-electron chi connectivity index (χ0n) is 16.9. The highest BCUT2D eigenvalue weighted by atomic mass is 16.1. The largest absolute Gasteiger partial charge is 0.378 e. The number of fused-ring (bicyclic) bond motifs is 3. The van der Waals surface area contributed by atoms with Crippen molar-refractivity contribution in [2.75, 3.05) is 58.3 Å². The summed E-state index contributed by atoms with van der Waals surface area (Å²) in [5.41, 5.74) is 1.87. The Bertz CT molecular complexity index is 638. The first kappa shape index (κ1) is 18.8. The van der Waals surface area contributed by atoms with Crippen LogP contribution in [0.25, 0.3) is 0 Å². The Labute approximate surface area is 163 Å². The fourth-order valence-electron chi connectivity index (χ4n) is 5.19. The highest BCUT2D eigenvalue weighted by molar-refractivity contribution is 5.94. The summed E-state index contributed by atoms with van der Waals surface area (Å²) in [5.74, 6) is 1.73. The van der Waals surface area contributed by atoms with Crippen molar-refractivity contribution >= 4 is 11.6 Å². The SMILES string of the molecule is CN(C)c1ccc(C(=O)NCC2CC3CCN2CC3CN2CCCC2)cc1. The van der Waals surface area contributed by atoms with E-state index in [0.29, 0.717) is 6.04 Å². The minimum atomic E-state index is 0.0524. The van der Waals surface area contributed by atoms with Gasteiger partial charge in [-0.25, -0.2) is 0 Å². The van der Waals surface area contributed by atoms with Crippen molar-refractivity contribution in [2.45, 2.75) is 31.7 Å². The lowest BCUT2D eigenvalue weighted by Crippen LogP contribution is -2.58. The molecule has 0 spiro atoms. The van der Waals surface area contributed by atoms with Crippen LogP contribution in [0.4, 0.5) is 5.69 Å². The van der Waals surface area contributed by atoms with Crippen LogP contribution in [0, 0.1) is 11.8 Å². The molecule has 4 saturated heterocycles. The molecule has 4 fully saturated rings. The van der Waals surface area contributed by atoms with Crippen LogP contribution >= 0.6 is 0 Å². The number of likely N-dealkylation sites (tertiary alicyclic amines) is 1. The van der Waals surface area contributed by atoms with Crippen molar-refractivity contribution < 1.29 is 4.79 Å². The molecule has 0 aliphatic carbocycles. The van der Waals surface area contributed by atoms with Gasteiger partial charge in [0, 0.05) is 51.0 Å². The quantitative estimate of drug-likeness (QED) is 0.834. The van der Waals surface area contributed by atoms with Crippen LogP contribution in [0.15, 0.2) is 24.3 Å². The van der Waals surface area contributed by atoms with Gasteiger partial charge in [-0.05, 0) is 81.4 Å². The molecule has 4 unspecified atom stereocenters. The lowest BCUT2D eigenvalue weighted by molar-refractivity contribution is -0.00904. The van der Waals surface area contributed by atoms with E-state index in [9.17, 15) is 4.79 Å². The standard InChI is InChI=1S/C22H34N4O/c1-24(2)20-7-5-17(6-8-20)22(27)23-14-21-13-18-9-12-26(21)16-19(18)15-25-10-3-4-11-25/h5-8,18-19,21H,3-4,9-16H2,1-2H3,(H,23,27). The number of nitrogens with zero attached hydrogens (tertiary/aromatic N) is 3. The molecule has 4 heterocycles. The molecular weight excluding hydrogens is 336 g/mol. The van der Waals surface area contributed by atoms with E-state index in [0.717, 1.165) is 29.6 Å². The minimum absolute atomic E-state index is 0.0524. The number of piperidine rings is 3. The van der Waals surface area contributed by atoms with Crippen LogP contribution in [0.5, 0.6) is 0 Å². The van der Waals surface area contributed by atoms with Crippen LogP contribution in [-0.4, -0.2) is 75.1 Å². The lowest BCUT2D eigenvalue weighted by Gasteiger charge is -2.50. The van der Waals surface area contributed by atoms with Gasteiger partial charge < -0.3 is 15.1 Å². The average Bonchev–Trinajstić information content (AvgIpc) is 3.20. The van der Waals surface area contributed by atoms with Gasteiger partial charge in [0.25, 0.3) is 5.91 Å². The van der Waals surface area contributed by atoms with Gasteiger partial charge in [0.05, 0.1) is 0 Å². The Balaban J connectivity index is 1.27. The second-order valence-corrected chi connectivity index (χ2v) is 8.85. The highest BCUT2D eigenvalue weighted by Gasteiger charge is 2.40. The van der Waals surface area contributed by atoms with Crippen LogP contribution in [-0.2, 0) is 0 Å². The summed E-state index contributed by atoms with van der Waals surface area (Å²) in [5, 5.41) is 3.19. The minimum Gasteiger partial charge on any atom is -0.378 e. The van der Waals surface area contributed by atoms with Gasteiger partial charge in [-0.2, -0.15) is 0 Å². The number of carbonyl (C=O) groups excluding carboxylic acids is 1. The maximum atomic E-state index is 12.5. The van der Waals surface area contributed by atoms with Gasteiger partial charge in [-0.15, -0.1) is 0 Å². The smallest absolute Gasteiger partial charge is 0.251 e. The third-order valence-corrected chi connectivity index (χ3v) is 6.85. The first-order valence-electron chi connectivity index (χ1n) is 10.6. The third-order valence-electron chi connectivity index (χ3n) is 6.85. The van der Waals surface area contributed by atoms with Crippen molar-refractivity contribution in [3.8, 4) is 0 Å². The van der Waals surface area contributed by atoms with Gasteiger partial charge >= 0.3 is 0 Å². The van der Waals surface area contributed by atoms with Gasteiger partial charge in [0.15, 0.2) is 0 Å². The maximum Gasteiger partial charge on any atom is 0.251 e. The molecule has 1 N–H and O–H groups in total. The molecule has 0 saturated carbocycles. The zero-order valence-corrected chi connectivity index (χ0v) is 16.9. The molecule has 5 rings (SSSR count). The summed E-state index contributed by atoms with van der Waals surface area (Å²) in [6, 6.07) is 8.37. The van der Waals surface area contributed by atoms with Crippen molar-refractivity contribution in [3.63, 3.8) is 0 Å². The van der Waals surface area contributed by atoms with E-state index < -0.39 is 0 Å². The molecule has 0 aromatic heterocycles. The number of benzene rings is 1. The van der Waals surface area contributed by atoms with E-state index in [-0.39, 0.29) is 5.91 Å². The van der Waals surface area contributed by atoms with Crippen molar-refractivity contribution in [3.05, 3.63) is 29.8 Å². The van der Waals surface area contributed by atoms with E-state index in [1.54, 1.807) is 0 Å². The molecule has 4 aliphatic heterocycles. The Kier molecular flexibility index (Phi) is 5.69. The van der Waals surface area contributed by atoms with E-state index in [1.165, 1.54) is 58.4 Å². The fraction of sp³-hybridized carbons (Fsp3) is 0.682. The maximum absolute atomic E-state index is 12.5. The van der Waals surface area contributed by atoms with E-state index in [2.05, 4.69) is 15.1 Å². The molecule has 2 bridgehead atoms. The Morgan fingerprint density at radius 3 is 2.52 bits per heavy atom. The topological polar surface area (TPSA) is 38.8 Å². The summed E-state index contributed by atoms with van der Waals surface area (Å²) in [6.45, 7) is 7.10. The summed E-state index contributed by atoms with van der Waals surface area (Å²) in [4.78, 5) is 19.9. The number of anilines is 1. The molecule has 0 radical (unpaired) electrons. The van der Waals surface area contributed by atoms with Gasteiger partial charge in [-0.3, -0.25) is 9.69 Å². The Hall–Kier alpha value is -1.59. The number of carbonyl (C=O) groups is 1. The predicted molar refractivity (Wildman–Crippen MR) is 110 cm³/mol. The summed E-state index contributed by atoms with van der Waals surface area (Å²) >= 11 is 0. The molecule has 5 nitrogen and oxygen atoms in total. The fourth-order valence-corrected chi connectivity index (χ4v) is 5.19. The molecule has 148 valence electrons. The highest BCUT2D eigenvalue weighted by Crippen LogP contribution is 2.36. The number of amides is 1. The van der Waals surface area contributed by atoms with E-state index >= 15 is 0 Å². The number of nitrogens with one attached hydrogen (secondary N) is 1.